The highest BCUT2D eigenvalue weighted by Gasteiger charge is 1.97. The lowest BCUT2D eigenvalue weighted by Crippen LogP contribution is -1.87. The summed E-state index contributed by atoms with van der Waals surface area (Å²) in [6.45, 7) is 0. The van der Waals surface area contributed by atoms with E-state index in [-0.39, 0.29) is 5.48 Å². The highest BCUT2D eigenvalue weighted by atomic mass is 16.0. The number of fused-ring (bicyclic) bond motifs is 1. The molecule has 0 atom stereocenters. The van der Waals surface area contributed by atoms with Gasteiger partial charge in [-0.05, 0) is 17.2 Å². The number of hydrogen-bond acceptors (Lipinski definition) is 1. The molecule has 1 aromatic carbocycles. The molecule has 0 saturated heterocycles. The summed E-state index contributed by atoms with van der Waals surface area (Å²) in [7, 11) is 0. The van der Waals surface area contributed by atoms with Crippen LogP contribution >= 0.6 is 0 Å². The molecule has 0 radical (unpaired) electrons. The third-order valence-corrected chi connectivity index (χ3v) is 1.81. The second-order valence-corrected chi connectivity index (χ2v) is 2.55. The van der Waals surface area contributed by atoms with E-state index in [0.29, 0.717) is 0 Å². The molecular formula is C10H11NO. The van der Waals surface area contributed by atoms with E-state index in [1.54, 1.807) is 0 Å². The molecule has 1 aliphatic rings. The van der Waals surface area contributed by atoms with Crippen LogP contribution in [0.25, 0.3) is 6.08 Å². The Balaban J connectivity index is 0.000000720. The Morgan fingerprint density at radius 1 is 1.17 bits per heavy atom. The molecule has 62 valence electrons. The summed E-state index contributed by atoms with van der Waals surface area (Å²) >= 11 is 0. The third-order valence-electron chi connectivity index (χ3n) is 1.81. The molecule has 2 heteroatoms. The molecule has 0 saturated carbocycles. The van der Waals surface area contributed by atoms with Gasteiger partial charge >= 0.3 is 0 Å². The zero-order valence-electron chi connectivity index (χ0n) is 6.70. The van der Waals surface area contributed by atoms with Gasteiger partial charge in [0.1, 0.15) is 0 Å². The first-order chi connectivity index (χ1) is 5.47. The average Bonchev–Trinajstić information content (AvgIpc) is 2.28. The zero-order valence-corrected chi connectivity index (χ0v) is 6.70. The Morgan fingerprint density at radius 3 is 2.92 bits per heavy atom. The standard InChI is InChI=1S/C10H9N.H2O/c1-2-4-10-6-8-11-7-5-9(10)3-1;/h1-5,7-8H,6H2;1H2. The first-order valence-electron chi connectivity index (χ1n) is 3.73. The van der Waals surface area contributed by atoms with Crippen molar-refractivity contribution < 1.29 is 5.48 Å². The summed E-state index contributed by atoms with van der Waals surface area (Å²) in [5.74, 6) is 0. The van der Waals surface area contributed by atoms with Gasteiger partial charge in [0, 0.05) is 18.8 Å². The summed E-state index contributed by atoms with van der Waals surface area (Å²) in [6, 6.07) is 8.36. The quantitative estimate of drug-likeness (QED) is 0.553. The van der Waals surface area contributed by atoms with Crippen LogP contribution in [0.1, 0.15) is 11.1 Å². The van der Waals surface area contributed by atoms with E-state index in [2.05, 4.69) is 29.3 Å². The van der Waals surface area contributed by atoms with Gasteiger partial charge in [-0.15, -0.1) is 0 Å². The second kappa shape index (κ2) is 3.83. The van der Waals surface area contributed by atoms with Gasteiger partial charge < -0.3 is 5.48 Å². The van der Waals surface area contributed by atoms with Gasteiger partial charge in [-0.25, -0.2) is 0 Å². The number of rotatable bonds is 0. The zero-order chi connectivity index (χ0) is 7.52. The van der Waals surface area contributed by atoms with Gasteiger partial charge in [-0.3, -0.25) is 4.99 Å². The van der Waals surface area contributed by atoms with Crippen molar-refractivity contribution in [2.24, 2.45) is 4.99 Å². The Morgan fingerprint density at radius 2 is 2.00 bits per heavy atom. The van der Waals surface area contributed by atoms with Gasteiger partial charge in [0.25, 0.3) is 0 Å². The van der Waals surface area contributed by atoms with Crippen LogP contribution in [0, 0.1) is 0 Å². The Hall–Kier alpha value is -1.41. The molecule has 0 aromatic heterocycles. The van der Waals surface area contributed by atoms with Crippen LogP contribution in [0.4, 0.5) is 0 Å². The van der Waals surface area contributed by atoms with Crippen LogP contribution in [-0.4, -0.2) is 11.7 Å². The predicted molar refractivity (Wildman–Crippen MR) is 51.3 cm³/mol. The van der Waals surface area contributed by atoms with E-state index < -0.39 is 0 Å². The van der Waals surface area contributed by atoms with E-state index in [0.717, 1.165) is 6.42 Å². The van der Waals surface area contributed by atoms with Crippen molar-refractivity contribution in [3.05, 3.63) is 41.6 Å². The molecule has 0 bridgehead atoms. The van der Waals surface area contributed by atoms with Gasteiger partial charge in [-0.2, -0.15) is 0 Å². The molecule has 2 nitrogen and oxygen atoms in total. The molecule has 12 heavy (non-hydrogen) atoms. The summed E-state index contributed by atoms with van der Waals surface area (Å²) in [6.07, 6.45) is 6.76. The Labute approximate surface area is 71.6 Å². The third kappa shape index (κ3) is 1.60. The van der Waals surface area contributed by atoms with Crippen molar-refractivity contribution in [1.82, 2.24) is 0 Å². The lowest BCUT2D eigenvalue weighted by molar-refractivity contribution is 0.824. The van der Waals surface area contributed by atoms with Crippen LogP contribution in [0.5, 0.6) is 0 Å². The normalized spacial score (nSPS) is 13.0. The maximum Gasteiger partial charge on any atom is 0.0270 e. The van der Waals surface area contributed by atoms with Crippen LogP contribution in [0.2, 0.25) is 0 Å². The Kier molecular flexibility index (Phi) is 2.77. The Bertz CT molecular complexity index is 315. The lowest BCUT2D eigenvalue weighted by atomic mass is 10.1. The van der Waals surface area contributed by atoms with Crippen molar-refractivity contribution in [1.29, 1.82) is 0 Å². The van der Waals surface area contributed by atoms with Crippen molar-refractivity contribution in [3.63, 3.8) is 0 Å². The fraction of sp³-hybridized carbons (Fsp3) is 0.100. The second-order valence-electron chi connectivity index (χ2n) is 2.55. The molecule has 1 heterocycles. The summed E-state index contributed by atoms with van der Waals surface area (Å²) in [5, 5.41) is 0. The highest BCUT2D eigenvalue weighted by molar-refractivity contribution is 5.69. The van der Waals surface area contributed by atoms with E-state index in [4.69, 9.17) is 0 Å². The van der Waals surface area contributed by atoms with Crippen molar-refractivity contribution in [2.45, 2.75) is 6.42 Å². The first kappa shape index (κ1) is 8.68. The minimum absolute atomic E-state index is 0. The molecule has 1 aliphatic heterocycles. The first-order valence-corrected chi connectivity index (χ1v) is 3.73. The average molecular weight is 161 g/mol. The molecule has 0 amide bonds. The summed E-state index contributed by atoms with van der Waals surface area (Å²) in [4.78, 5) is 4.08. The fourth-order valence-electron chi connectivity index (χ4n) is 1.22. The number of aliphatic imine (C=N–C) groups is 1. The number of benzene rings is 1. The van der Waals surface area contributed by atoms with E-state index in [1.165, 1.54) is 11.1 Å². The molecule has 2 N–H and O–H groups in total. The number of nitrogens with zero attached hydrogens (tertiary/aromatic N) is 1. The highest BCUT2D eigenvalue weighted by Crippen LogP contribution is 2.12. The summed E-state index contributed by atoms with van der Waals surface area (Å²) < 4.78 is 0. The SMILES string of the molecule is C1=Cc2ccccc2CC=N1.O. The van der Waals surface area contributed by atoms with Crippen molar-refractivity contribution in [2.75, 3.05) is 0 Å². The van der Waals surface area contributed by atoms with Crippen molar-refractivity contribution >= 4 is 12.3 Å². The van der Waals surface area contributed by atoms with Crippen LogP contribution in [0.15, 0.2) is 35.5 Å². The van der Waals surface area contributed by atoms with Crippen LogP contribution in [0.3, 0.4) is 0 Å². The molecule has 0 spiro atoms. The van der Waals surface area contributed by atoms with Crippen LogP contribution in [-0.2, 0) is 6.42 Å². The minimum Gasteiger partial charge on any atom is -0.412 e. The monoisotopic (exact) mass is 161 g/mol. The fourth-order valence-corrected chi connectivity index (χ4v) is 1.22. The molecule has 1 aromatic rings. The maximum absolute atomic E-state index is 4.08. The van der Waals surface area contributed by atoms with Gasteiger partial charge in [0.2, 0.25) is 0 Å². The molecule has 0 unspecified atom stereocenters. The largest absolute Gasteiger partial charge is 0.412 e. The molecular weight excluding hydrogens is 150 g/mol. The topological polar surface area (TPSA) is 43.9 Å². The molecule has 0 aliphatic carbocycles. The molecule has 2 rings (SSSR count). The van der Waals surface area contributed by atoms with E-state index in [9.17, 15) is 0 Å². The van der Waals surface area contributed by atoms with Crippen LogP contribution < -0.4 is 0 Å². The lowest BCUT2D eigenvalue weighted by Gasteiger charge is -1.98. The maximum atomic E-state index is 4.08. The number of hydrogen-bond donors (Lipinski definition) is 0. The van der Waals surface area contributed by atoms with Gasteiger partial charge in [0.15, 0.2) is 0 Å². The van der Waals surface area contributed by atoms with E-state index in [1.807, 2.05) is 18.5 Å². The van der Waals surface area contributed by atoms with E-state index >= 15 is 0 Å². The minimum atomic E-state index is 0. The summed E-state index contributed by atoms with van der Waals surface area (Å²) in [5.41, 5.74) is 2.63. The van der Waals surface area contributed by atoms with Crippen molar-refractivity contribution in [3.8, 4) is 0 Å². The van der Waals surface area contributed by atoms with Gasteiger partial charge in [0.05, 0.1) is 0 Å². The van der Waals surface area contributed by atoms with Gasteiger partial charge in [-0.1, -0.05) is 24.3 Å². The smallest absolute Gasteiger partial charge is 0.0270 e. The molecule has 0 fully saturated rings. The predicted octanol–water partition coefficient (Wildman–Crippen LogP) is 1.46.